The summed E-state index contributed by atoms with van der Waals surface area (Å²) in [5.74, 6) is 0. The number of alkyl halides is 3. The van der Waals surface area contributed by atoms with Gasteiger partial charge in [-0.3, -0.25) is 5.43 Å². The predicted molar refractivity (Wildman–Crippen MR) is 118 cm³/mol. The molecule has 0 amide bonds. The number of nitrogens with one attached hydrogen (secondary N) is 1. The highest BCUT2D eigenvalue weighted by Gasteiger charge is 2.31. The highest BCUT2D eigenvalue weighted by molar-refractivity contribution is 7.17. The molecule has 1 aromatic heterocycles. The largest absolute Gasteiger partial charge is 0.416 e. The molecule has 1 saturated heterocycles. The van der Waals surface area contributed by atoms with Crippen LogP contribution in [0.15, 0.2) is 53.6 Å². The molecule has 1 N–H and O–H groups in total. The number of thiazole rings is 1. The number of hydrazone groups is 1. The summed E-state index contributed by atoms with van der Waals surface area (Å²) in [4.78, 5) is 7.72. The Hall–Kier alpha value is -2.62. The van der Waals surface area contributed by atoms with Crippen molar-refractivity contribution in [1.82, 2.24) is 4.98 Å². The van der Waals surface area contributed by atoms with Crippen LogP contribution in [0.3, 0.4) is 0 Å². The fraction of sp³-hybridized carbons (Fsp3) is 0.238. The van der Waals surface area contributed by atoms with Gasteiger partial charge < -0.3 is 9.64 Å². The zero-order valence-electron chi connectivity index (χ0n) is 16.2. The number of hydrogen-bond donors (Lipinski definition) is 1. The highest BCUT2D eigenvalue weighted by atomic mass is 35.5. The number of rotatable bonds is 5. The monoisotopic (exact) mass is 466 g/mol. The van der Waals surface area contributed by atoms with Gasteiger partial charge >= 0.3 is 6.18 Å². The second-order valence-electron chi connectivity index (χ2n) is 6.74. The number of benzene rings is 2. The van der Waals surface area contributed by atoms with Gasteiger partial charge in [0.05, 0.1) is 46.3 Å². The van der Waals surface area contributed by atoms with Crippen LogP contribution in [0, 0.1) is 0 Å². The Labute approximate surface area is 186 Å². The quantitative estimate of drug-likeness (QED) is 0.383. The maximum absolute atomic E-state index is 13.0. The summed E-state index contributed by atoms with van der Waals surface area (Å²) in [5.41, 5.74) is 3.59. The topological polar surface area (TPSA) is 49.8 Å². The Morgan fingerprint density at radius 1 is 1.13 bits per heavy atom. The number of aromatic nitrogens is 1. The molecule has 1 aliphatic heterocycles. The first-order valence-electron chi connectivity index (χ1n) is 9.46. The van der Waals surface area contributed by atoms with E-state index in [0.29, 0.717) is 13.2 Å². The van der Waals surface area contributed by atoms with Crippen molar-refractivity contribution in [2.24, 2.45) is 5.10 Å². The lowest BCUT2D eigenvalue weighted by atomic mass is 10.1. The lowest BCUT2D eigenvalue weighted by molar-refractivity contribution is -0.137. The average molecular weight is 467 g/mol. The molecule has 0 saturated carbocycles. The van der Waals surface area contributed by atoms with Gasteiger partial charge in [-0.05, 0) is 18.2 Å². The molecule has 3 aromatic rings. The van der Waals surface area contributed by atoms with E-state index in [1.165, 1.54) is 17.4 Å². The van der Waals surface area contributed by atoms with E-state index in [2.05, 4.69) is 15.4 Å². The van der Waals surface area contributed by atoms with E-state index in [-0.39, 0.29) is 10.7 Å². The number of halogens is 4. The zero-order chi connectivity index (χ0) is 21.8. The minimum Gasteiger partial charge on any atom is -0.378 e. The Balaban J connectivity index is 1.61. The second kappa shape index (κ2) is 9.25. The van der Waals surface area contributed by atoms with Gasteiger partial charge in [0.2, 0.25) is 0 Å². The number of nitrogens with zero attached hydrogens (tertiary/aromatic N) is 3. The van der Waals surface area contributed by atoms with Crippen molar-refractivity contribution in [2.45, 2.75) is 6.18 Å². The van der Waals surface area contributed by atoms with Crippen molar-refractivity contribution in [3.63, 3.8) is 0 Å². The molecule has 0 bridgehead atoms. The lowest BCUT2D eigenvalue weighted by Gasteiger charge is -2.26. The molecule has 5 nitrogen and oxygen atoms in total. The van der Waals surface area contributed by atoms with E-state index in [9.17, 15) is 13.2 Å². The van der Waals surface area contributed by atoms with Crippen LogP contribution in [-0.4, -0.2) is 37.5 Å². The van der Waals surface area contributed by atoms with Crippen molar-refractivity contribution >= 4 is 40.0 Å². The molecule has 0 radical (unpaired) electrons. The third-order valence-electron chi connectivity index (χ3n) is 4.63. The first-order chi connectivity index (χ1) is 14.9. The molecular weight excluding hydrogens is 449 g/mol. The lowest BCUT2D eigenvalue weighted by Crippen LogP contribution is -2.36. The van der Waals surface area contributed by atoms with Crippen molar-refractivity contribution in [2.75, 3.05) is 36.6 Å². The third kappa shape index (κ3) is 5.17. The highest BCUT2D eigenvalue weighted by Crippen LogP contribution is 2.35. The van der Waals surface area contributed by atoms with Crippen LogP contribution in [-0.2, 0) is 10.9 Å². The first kappa shape index (κ1) is 21.6. The molecule has 1 aliphatic rings. The van der Waals surface area contributed by atoms with Gasteiger partial charge in [0.1, 0.15) is 0 Å². The molecule has 31 heavy (non-hydrogen) atoms. The standard InChI is InChI=1S/C21H18ClF3N4OS/c22-16-7-6-15(21(23,24)25)12-17(16)28-26-13-18-19(14-4-2-1-3-5-14)27-20(31-18)29-8-10-30-11-9-29/h1-7,12-13,28H,8-11H2/b26-13-. The summed E-state index contributed by atoms with van der Waals surface area (Å²) in [6, 6.07) is 12.7. The van der Waals surface area contributed by atoms with Gasteiger partial charge in [0.25, 0.3) is 0 Å². The minimum atomic E-state index is -4.46. The van der Waals surface area contributed by atoms with Crippen molar-refractivity contribution in [3.05, 3.63) is 64.0 Å². The smallest absolute Gasteiger partial charge is 0.378 e. The van der Waals surface area contributed by atoms with Crippen LogP contribution >= 0.6 is 22.9 Å². The Kier molecular flexibility index (Phi) is 6.45. The summed E-state index contributed by atoms with van der Waals surface area (Å²) in [5, 5.41) is 5.13. The van der Waals surface area contributed by atoms with Crippen LogP contribution in [0.4, 0.5) is 24.0 Å². The van der Waals surface area contributed by atoms with Gasteiger partial charge in [-0.15, -0.1) is 0 Å². The van der Waals surface area contributed by atoms with Crippen LogP contribution in [0.1, 0.15) is 10.4 Å². The van der Waals surface area contributed by atoms with Crippen molar-refractivity contribution in [3.8, 4) is 11.3 Å². The fourth-order valence-corrected chi connectivity index (χ4v) is 4.22. The number of ether oxygens (including phenoxy) is 1. The van der Waals surface area contributed by atoms with Crippen LogP contribution in [0.2, 0.25) is 5.02 Å². The maximum Gasteiger partial charge on any atom is 0.416 e. The first-order valence-corrected chi connectivity index (χ1v) is 10.7. The minimum absolute atomic E-state index is 0.0759. The number of morpholine rings is 1. The summed E-state index contributed by atoms with van der Waals surface area (Å²) in [6.45, 7) is 2.77. The molecular formula is C21H18ClF3N4OS. The molecule has 0 spiro atoms. The molecule has 1 fully saturated rings. The molecule has 2 heterocycles. The van der Waals surface area contributed by atoms with Crippen molar-refractivity contribution in [1.29, 1.82) is 0 Å². The predicted octanol–water partition coefficient (Wildman–Crippen LogP) is 5.76. The van der Waals surface area contributed by atoms with E-state index in [1.807, 2.05) is 30.3 Å². The zero-order valence-corrected chi connectivity index (χ0v) is 17.8. The Morgan fingerprint density at radius 3 is 2.58 bits per heavy atom. The van der Waals surface area contributed by atoms with Gasteiger partial charge in [-0.2, -0.15) is 18.3 Å². The molecule has 162 valence electrons. The molecule has 0 unspecified atom stereocenters. The van der Waals surface area contributed by atoms with E-state index in [4.69, 9.17) is 21.3 Å². The van der Waals surface area contributed by atoms with Gasteiger partial charge in [-0.1, -0.05) is 53.3 Å². The van der Waals surface area contributed by atoms with E-state index >= 15 is 0 Å². The Morgan fingerprint density at radius 2 is 1.87 bits per heavy atom. The molecule has 2 aromatic carbocycles. The summed E-state index contributed by atoms with van der Waals surface area (Å²) < 4.78 is 44.3. The van der Waals surface area contributed by atoms with Gasteiger partial charge in [-0.25, -0.2) is 4.98 Å². The third-order valence-corrected chi connectivity index (χ3v) is 6.01. The van der Waals surface area contributed by atoms with E-state index in [0.717, 1.165) is 46.5 Å². The molecule has 4 rings (SSSR count). The molecule has 10 heteroatoms. The average Bonchev–Trinajstić information content (AvgIpc) is 3.20. The normalized spacial score (nSPS) is 14.9. The van der Waals surface area contributed by atoms with Crippen LogP contribution in [0.25, 0.3) is 11.3 Å². The van der Waals surface area contributed by atoms with E-state index < -0.39 is 11.7 Å². The summed E-state index contributed by atoms with van der Waals surface area (Å²) >= 11 is 7.49. The number of hydrogen-bond acceptors (Lipinski definition) is 6. The van der Waals surface area contributed by atoms with E-state index in [1.54, 1.807) is 6.21 Å². The number of anilines is 2. The Bertz CT molecular complexity index is 1070. The summed E-state index contributed by atoms with van der Waals surface area (Å²) in [6.07, 6.45) is -2.91. The van der Waals surface area contributed by atoms with Crippen LogP contribution < -0.4 is 10.3 Å². The van der Waals surface area contributed by atoms with Gasteiger partial charge in [0, 0.05) is 18.7 Å². The van der Waals surface area contributed by atoms with Crippen molar-refractivity contribution < 1.29 is 17.9 Å². The molecule has 0 atom stereocenters. The SMILES string of the molecule is FC(F)(F)c1ccc(Cl)c(N/N=C\c2sc(N3CCOCC3)nc2-c2ccccc2)c1. The second-order valence-corrected chi connectivity index (χ2v) is 8.15. The van der Waals surface area contributed by atoms with Gasteiger partial charge in [0.15, 0.2) is 5.13 Å². The summed E-state index contributed by atoms with van der Waals surface area (Å²) in [7, 11) is 0. The van der Waals surface area contributed by atoms with Crippen LogP contribution in [0.5, 0.6) is 0 Å². The maximum atomic E-state index is 13.0. The fourth-order valence-electron chi connectivity index (χ4n) is 3.05. The molecule has 0 aliphatic carbocycles.